The lowest BCUT2D eigenvalue weighted by Gasteiger charge is -2.07. The summed E-state index contributed by atoms with van der Waals surface area (Å²) in [7, 11) is 1.57. The summed E-state index contributed by atoms with van der Waals surface area (Å²) in [5, 5.41) is 7.92. The van der Waals surface area contributed by atoms with Crippen molar-refractivity contribution < 1.29 is 4.74 Å². The number of benzene rings is 1. The number of nitrogens with one attached hydrogen (secondary N) is 2. The number of hydrogen-bond acceptors (Lipinski definition) is 3. The lowest BCUT2D eigenvalue weighted by Crippen LogP contribution is -2.31. The Hall–Kier alpha value is -0.850. The molecule has 0 saturated carbocycles. The van der Waals surface area contributed by atoms with Crippen molar-refractivity contribution in [3.63, 3.8) is 0 Å². The Labute approximate surface area is 125 Å². The molecule has 0 aromatic heterocycles. The molecule has 0 bridgehead atoms. The number of methoxy groups -OCH3 is 1. The molecule has 0 radical (unpaired) electrons. The molecule has 4 nitrogen and oxygen atoms in total. The van der Waals surface area contributed by atoms with E-state index in [2.05, 4.69) is 31.8 Å². The van der Waals surface area contributed by atoms with E-state index in [0.29, 0.717) is 15.9 Å². The maximum Gasteiger partial charge on any atom is 0.186 e. The summed E-state index contributed by atoms with van der Waals surface area (Å²) in [6.07, 6.45) is 1.62. The average molecular weight is 351 g/mol. The first-order chi connectivity index (χ1) is 8.58. The summed E-state index contributed by atoms with van der Waals surface area (Å²) in [4.78, 5) is 0. The van der Waals surface area contributed by atoms with Crippen LogP contribution in [-0.2, 0) is 0 Å². The smallest absolute Gasteiger partial charge is 0.186 e. The largest absolute Gasteiger partial charge is 0.494 e. The van der Waals surface area contributed by atoms with E-state index in [1.54, 1.807) is 19.4 Å². The highest BCUT2D eigenvalue weighted by molar-refractivity contribution is 9.10. The van der Waals surface area contributed by atoms with E-state index in [-0.39, 0.29) is 0 Å². The monoisotopic (exact) mass is 349 g/mol. The molecule has 0 spiro atoms. The molecule has 0 atom stereocenters. The molecule has 0 unspecified atom stereocenters. The Bertz CT molecular complexity index is 445. The summed E-state index contributed by atoms with van der Waals surface area (Å²) in [6, 6.07) is 3.61. The zero-order valence-corrected chi connectivity index (χ0v) is 13.1. The van der Waals surface area contributed by atoms with Gasteiger partial charge in [-0.2, -0.15) is 5.10 Å². The van der Waals surface area contributed by atoms with E-state index < -0.39 is 0 Å². The minimum atomic E-state index is 0.479. The molecule has 0 saturated heterocycles. The molecule has 0 fully saturated rings. The molecule has 0 aliphatic carbocycles. The first-order valence-corrected chi connectivity index (χ1v) is 6.76. The molecule has 0 amide bonds. The fourth-order valence-corrected chi connectivity index (χ4v) is 2.47. The molecule has 98 valence electrons. The second kappa shape index (κ2) is 7.56. The SMILES string of the molecule is CCNC(=S)N/N=C\c1cc(Cl)c(OC)c(Br)c1. The van der Waals surface area contributed by atoms with Gasteiger partial charge in [0.15, 0.2) is 10.9 Å². The van der Waals surface area contributed by atoms with Crippen LogP contribution in [0.1, 0.15) is 12.5 Å². The van der Waals surface area contributed by atoms with Gasteiger partial charge in [-0.25, -0.2) is 0 Å². The van der Waals surface area contributed by atoms with Crippen molar-refractivity contribution in [1.29, 1.82) is 0 Å². The Balaban J connectivity index is 2.74. The van der Waals surface area contributed by atoms with Gasteiger partial charge in [0.2, 0.25) is 0 Å². The lowest BCUT2D eigenvalue weighted by atomic mass is 10.2. The molecule has 7 heteroatoms. The van der Waals surface area contributed by atoms with Gasteiger partial charge in [-0.15, -0.1) is 0 Å². The molecule has 18 heavy (non-hydrogen) atoms. The topological polar surface area (TPSA) is 45.7 Å². The number of rotatable bonds is 4. The quantitative estimate of drug-likeness (QED) is 0.498. The van der Waals surface area contributed by atoms with Gasteiger partial charge in [-0.1, -0.05) is 11.6 Å². The molecule has 0 heterocycles. The van der Waals surface area contributed by atoms with Crippen molar-refractivity contribution in [2.45, 2.75) is 6.92 Å². The normalized spacial score (nSPS) is 10.4. The molecule has 0 aliphatic heterocycles. The second-order valence-electron chi connectivity index (χ2n) is 3.25. The van der Waals surface area contributed by atoms with Crippen LogP contribution in [0.5, 0.6) is 5.75 Å². The first-order valence-electron chi connectivity index (χ1n) is 5.18. The Kier molecular flexibility index (Phi) is 6.38. The van der Waals surface area contributed by atoms with Gasteiger partial charge in [-0.3, -0.25) is 5.43 Å². The number of hydrogen-bond donors (Lipinski definition) is 2. The third-order valence-electron chi connectivity index (χ3n) is 1.94. The third-order valence-corrected chi connectivity index (χ3v) is 3.05. The predicted molar refractivity (Wildman–Crippen MR) is 82.7 cm³/mol. The summed E-state index contributed by atoms with van der Waals surface area (Å²) < 4.78 is 5.91. The molecular formula is C11H13BrClN3OS. The van der Waals surface area contributed by atoms with Gasteiger partial charge in [-0.05, 0) is 52.8 Å². The van der Waals surface area contributed by atoms with Gasteiger partial charge in [0.05, 0.1) is 22.8 Å². The highest BCUT2D eigenvalue weighted by Gasteiger charge is 2.06. The van der Waals surface area contributed by atoms with E-state index in [9.17, 15) is 0 Å². The van der Waals surface area contributed by atoms with E-state index in [0.717, 1.165) is 16.6 Å². The zero-order chi connectivity index (χ0) is 13.5. The van der Waals surface area contributed by atoms with E-state index in [1.165, 1.54) is 0 Å². The minimum absolute atomic E-state index is 0.479. The van der Waals surface area contributed by atoms with Crippen molar-refractivity contribution in [2.75, 3.05) is 13.7 Å². The minimum Gasteiger partial charge on any atom is -0.494 e. The lowest BCUT2D eigenvalue weighted by molar-refractivity contribution is 0.412. The van der Waals surface area contributed by atoms with Crippen LogP contribution in [0.25, 0.3) is 0 Å². The van der Waals surface area contributed by atoms with Crippen LogP contribution in [-0.4, -0.2) is 25.0 Å². The van der Waals surface area contributed by atoms with Gasteiger partial charge < -0.3 is 10.1 Å². The average Bonchev–Trinajstić information content (AvgIpc) is 2.29. The van der Waals surface area contributed by atoms with Crippen molar-refractivity contribution in [3.05, 3.63) is 27.2 Å². The first kappa shape index (κ1) is 15.2. The van der Waals surface area contributed by atoms with Crippen LogP contribution >= 0.6 is 39.7 Å². The standard InChI is InChI=1S/C11H13BrClN3OS/c1-3-14-11(18)16-15-6-7-4-8(12)10(17-2)9(13)5-7/h4-6H,3H2,1-2H3,(H2,14,16,18)/b15-6-. The predicted octanol–water partition coefficient (Wildman–Crippen LogP) is 2.93. The Morgan fingerprint density at radius 1 is 1.61 bits per heavy atom. The number of ether oxygens (including phenoxy) is 1. The van der Waals surface area contributed by atoms with E-state index in [1.807, 2.05) is 13.0 Å². The molecule has 0 aliphatic rings. The summed E-state index contributed by atoms with van der Waals surface area (Å²) in [5.41, 5.74) is 3.53. The van der Waals surface area contributed by atoms with Gasteiger partial charge in [0.25, 0.3) is 0 Å². The van der Waals surface area contributed by atoms with Crippen LogP contribution in [0.15, 0.2) is 21.7 Å². The summed E-state index contributed by atoms with van der Waals surface area (Å²) in [5.74, 6) is 0.602. The number of halogens is 2. The van der Waals surface area contributed by atoms with E-state index in [4.69, 9.17) is 28.6 Å². The van der Waals surface area contributed by atoms with Crippen molar-refractivity contribution in [1.82, 2.24) is 10.7 Å². The molecule has 1 rings (SSSR count). The van der Waals surface area contributed by atoms with Crippen LogP contribution in [0.3, 0.4) is 0 Å². The summed E-state index contributed by atoms with van der Waals surface area (Å²) in [6.45, 7) is 2.71. The van der Waals surface area contributed by atoms with Crippen molar-refractivity contribution >= 4 is 51.1 Å². The maximum absolute atomic E-state index is 6.05. The zero-order valence-electron chi connectivity index (χ0n) is 9.96. The fraction of sp³-hybridized carbons (Fsp3) is 0.273. The van der Waals surface area contributed by atoms with Crippen LogP contribution < -0.4 is 15.5 Å². The highest BCUT2D eigenvalue weighted by Crippen LogP contribution is 2.33. The van der Waals surface area contributed by atoms with E-state index >= 15 is 0 Å². The van der Waals surface area contributed by atoms with Crippen LogP contribution in [0.2, 0.25) is 5.02 Å². The molecule has 2 N–H and O–H groups in total. The van der Waals surface area contributed by atoms with Crippen molar-refractivity contribution in [3.8, 4) is 5.75 Å². The maximum atomic E-state index is 6.05. The van der Waals surface area contributed by atoms with Crippen LogP contribution in [0, 0.1) is 0 Å². The Morgan fingerprint density at radius 3 is 2.89 bits per heavy atom. The number of thiocarbonyl (C=S) groups is 1. The second-order valence-corrected chi connectivity index (χ2v) is 4.92. The Morgan fingerprint density at radius 2 is 2.33 bits per heavy atom. The molecular weight excluding hydrogens is 338 g/mol. The van der Waals surface area contributed by atoms with Gasteiger partial charge in [0, 0.05) is 6.54 Å². The molecule has 1 aromatic rings. The van der Waals surface area contributed by atoms with Gasteiger partial charge in [0.1, 0.15) is 0 Å². The number of nitrogens with zero attached hydrogens (tertiary/aromatic N) is 1. The summed E-state index contributed by atoms with van der Waals surface area (Å²) >= 11 is 14.4. The van der Waals surface area contributed by atoms with Crippen molar-refractivity contribution in [2.24, 2.45) is 5.10 Å². The fourth-order valence-electron chi connectivity index (χ4n) is 1.21. The molecule has 1 aromatic carbocycles. The van der Waals surface area contributed by atoms with Crippen LogP contribution in [0.4, 0.5) is 0 Å². The number of hydrazone groups is 1. The van der Waals surface area contributed by atoms with Gasteiger partial charge >= 0.3 is 0 Å². The third kappa shape index (κ3) is 4.44. The highest BCUT2D eigenvalue weighted by atomic mass is 79.9.